The SMILES string of the molecule is CCC(CO)NC(=O)C(NC(=O)c1ccccc1Oc1nc(OC)cc(OC)n1)C(C)CC. The van der Waals surface area contributed by atoms with Gasteiger partial charge in [0.15, 0.2) is 0 Å². The van der Waals surface area contributed by atoms with Crippen molar-refractivity contribution in [3.05, 3.63) is 35.9 Å². The first-order valence-corrected chi connectivity index (χ1v) is 10.8. The van der Waals surface area contributed by atoms with Crippen LogP contribution in [0.25, 0.3) is 0 Å². The number of rotatable bonds is 12. The smallest absolute Gasteiger partial charge is 0.328 e. The highest BCUT2D eigenvalue weighted by Crippen LogP contribution is 2.26. The Morgan fingerprint density at radius 3 is 2.21 bits per heavy atom. The van der Waals surface area contributed by atoms with Gasteiger partial charge < -0.3 is 30.0 Å². The van der Waals surface area contributed by atoms with Gasteiger partial charge in [0.2, 0.25) is 17.7 Å². The average molecular weight is 461 g/mol. The summed E-state index contributed by atoms with van der Waals surface area (Å²) in [6, 6.07) is 6.84. The van der Waals surface area contributed by atoms with E-state index in [4.69, 9.17) is 14.2 Å². The van der Waals surface area contributed by atoms with Gasteiger partial charge in [-0.3, -0.25) is 9.59 Å². The quantitative estimate of drug-likeness (QED) is 0.440. The number of nitrogens with zero attached hydrogens (tertiary/aromatic N) is 2. The van der Waals surface area contributed by atoms with Crippen LogP contribution in [0.3, 0.4) is 0 Å². The number of ether oxygens (including phenoxy) is 3. The molecule has 3 N–H and O–H groups in total. The van der Waals surface area contributed by atoms with E-state index < -0.39 is 11.9 Å². The molecule has 0 saturated heterocycles. The van der Waals surface area contributed by atoms with E-state index in [1.807, 2.05) is 20.8 Å². The molecule has 1 heterocycles. The number of hydrogen-bond donors (Lipinski definition) is 3. The van der Waals surface area contributed by atoms with Crippen molar-refractivity contribution in [2.24, 2.45) is 5.92 Å². The zero-order valence-electron chi connectivity index (χ0n) is 19.6. The first kappa shape index (κ1) is 25.9. The fourth-order valence-corrected chi connectivity index (χ4v) is 2.97. The predicted octanol–water partition coefficient (Wildman–Crippen LogP) is 2.32. The number of carbonyl (C=O) groups is 2. The second-order valence-corrected chi connectivity index (χ2v) is 7.47. The first-order chi connectivity index (χ1) is 15.9. The van der Waals surface area contributed by atoms with Gasteiger partial charge in [-0.05, 0) is 24.5 Å². The molecule has 0 spiro atoms. The maximum atomic E-state index is 13.2. The molecule has 33 heavy (non-hydrogen) atoms. The summed E-state index contributed by atoms with van der Waals surface area (Å²) in [7, 11) is 2.90. The Kier molecular flexibility index (Phi) is 9.86. The summed E-state index contributed by atoms with van der Waals surface area (Å²) in [5.41, 5.74) is 0.207. The van der Waals surface area contributed by atoms with Crippen molar-refractivity contribution in [3.8, 4) is 23.5 Å². The highest BCUT2D eigenvalue weighted by Gasteiger charge is 2.28. The molecule has 3 unspecified atom stereocenters. The van der Waals surface area contributed by atoms with Crippen molar-refractivity contribution in [2.75, 3.05) is 20.8 Å². The second-order valence-electron chi connectivity index (χ2n) is 7.47. The number of carbonyl (C=O) groups excluding carboxylic acids is 2. The van der Waals surface area contributed by atoms with E-state index in [-0.39, 0.29) is 53.6 Å². The van der Waals surface area contributed by atoms with Crippen molar-refractivity contribution < 1.29 is 28.9 Å². The van der Waals surface area contributed by atoms with E-state index in [1.165, 1.54) is 20.3 Å². The molecule has 0 bridgehead atoms. The lowest BCUT2D eigenvalue weighted by Crippen LogP contribution is -2.53. The number of para-hydroxylation sites is 1. The van der Waals surface area contributed by atoms with Crippen LogP contribution in [0.15, 0.2) is 30.3 Å². The molecule has 10 nitrogen and oxygen atoms in total. The highest BCUT2D eigenvalue weighted by atomic mass is 16.5. The minimum atomic E-state index is -0.788. The van der Waals surface area contributed by atoms with Crippen LogP contribution in [-0.4, -0.2) is 59.8 Å². The molecule has 0 aliphatic heterocycles. The lowest BCUT2D eigenvalue weighted by Gasteiger charge is -2.26. The van der Waals surface area contributed by atoms with Gasteiger partial charge in [0.05, 0.1) is 38.5 Å². The minimum Gasteiger partial charge on any atom is -0.481 e. The third-order valence-corrected chi connectivity index (χ3v) is 5.25. The van der Waals surface area contributed by atoms with Crippen LogP contribution in [0.1, 0.15) is 44.0 Å². The summed E-state index contributed by atoms with van der Waals surface area (Å²) in [5, 5.41) is 15.0. The maximum Gasteiger partial charge on any atom is 0.328 e. The van der Waals surface area contributed by atoms with Crippen LogP contribution in [0.5, 0.6) is 23.5 Å². The third-order valence-electron chi connectivity index (χ3n) is 5.25. The number of methoxy groups -OCH3 is 2. The molecule has 0 fully saturated rings. The monoisotopic (exact) mass is 460 g/mol. The Bertz CT molecular complexity index is 913. The molecule has 2 rings (SSSR count). The number of nitrogens with one attached hydrogen (secondary N) is 2. The van der Waals surface area contributed by atoms with E-state index >= 15 is 0 Å². The molecule has 1 aromatic heterocycles. The summed E-state index contributed by atoms with van der Waals surface area (Å²) in [6.45, 7) is 5.50. The number of aromatic nitrogens is 2. The highest BCUT2D eigenvalue weighted by molar-refractivity contribution is 5.99. The Hall–Kier alpha value is -3.40. The van der Waals surface area contributed by atoms with Crippen LogP contribution >= 0.6 is 0 Å². The van der Waals surface area contributed by atoms with E-state index in [0.717, 1.165) is 0 Å². The van der Waals surface area contributed by atoms with Crippen LogP contribution in [0, 0.1) is 5.92 Å². The van der Waals surface area contributed by atoms with E-state index in [9.17, 15) is 14.7 Å². The van der Waals surface area contributed by atoms with Crippen molar-refractivity contribution >= 4 is 11.8 Å². The first-order valence-electron chi connectivity index (χ1n) is 10.8. The molecule has 2 amide bonds. The molecule has 180 valence electrons. The fraction of sp³-hybridized carbons (Fsp3) is 0.478. The molecule has 3 atom stereocenters. The number of aliphatic hydroxyl groups excluding tert-OH is 1. The summed E-state index contributed by atoms with van der Waals surface area (Å²) < 4.78 is 16.0. The predicted molar refractivity (Wildman–Crippen MR) is 122 cm³/mol. The van der Waals surface area contributed by atoms with Crippen molar-refractivity contribution in [3.63, 3.8) is 0 Å². The van der Waals surface area contributed by atoms with Crippen molar-refractivity contribution in [1.29, 1.82) is 0 Å². The van der Waals surface area contributed by atoms with Crippen LogP contribution in [0.2, 0.25) is 0 Å². The summed E-state index contributed by atoms with van der Waals surface area (Å²) in [5.74, 6) is -0.293. The van der Waals surface area contributed by atoms with E-state index in [1.54, 1.807) is 24.3 Å². The van der Waals surface area contributed by atoms with Gasteiger partial charge in [-0.15, -0.1) is 0 Å². The average Bonchev–Trinajstić information content (AvgIpc) is 2.84. The van der Waals surface area contributed by atoms with Crippen LogP contribution in [-0.2, 0) is 4.79 Å². The van der Waals surface area contributed by atoms with Crippen molar-refractivity contribution in [2.45, 2.75) is 45.7 Å². The lowest BCUT2D eigenvalue weighted by atomic mass is 9.97. The molecule has 0 radical (unpaired) electrons. The Balaban J connectivity index is 2.28. The van der Waals surface area contributed by atoms with Gasteiger partial charge in [-0.1, -0.05) is 39.3 Å². The standard InChI is InChI=1S/C23H32N4O6/c1-6-14(3)20(22(30)24-15(7-2)13-28)27-21(29)16-10-8-9-11-17(16)33-23-25-18(31-4)12-19(26-23)32-5/h8-12,14-15,20,28H,6-7,13H2,1-5H3,(H,24,30)(H,27,29). The lowest BCUT2D eigenvalue weighted by molar-refractivity contribution is -0.125. The van der Waals surface area contributed by atoms with Gasteiger partial charge >= 0.3 is 6.01 Å². The largest absolute Gasteiger partial charge is 0.481 e. The summed E-state index contributed by atoms with van der Waals surface area (Å²) >= 11 is 0. The van der Waals surface area contributed by atoms with Crippen LogP contribution in [0.4, 0.5) is 0 Å². The molecule has 0 aliphatic rings. The summed E-state index contributed by atoms with van der Waals surface area (Å²) in [6.07, 6.45) is 1.24. The number of aliphatic hydroxyl groups is 1. The Labute approximate surface area is 193 Å². The molecule has 10 heteroatoms. The summed E-state index contributed by atoms with van der Waals surface area (Å²) in [4.78, 5) is 34.2. The number of hydrogen-bond acceptors (Lipinski definition) is 8. The second kappa shape index (κ2) is 12.6. The molecule has 0 aliphatic carbocycles. The van der Waals surface area contributed by atoms with Gasteiger partial charge in [0.1, 0.15) is 11.8 Å². The number of amides is 2. The molecular formula is C23H32N4O6. The normalized spacial score (nSPS) is 13.4. The zero-order valence-corrected chi connectivity index (χ0v) is 19.6. The van der Waals surface area contributed by atoms with Gasteiger partial charge in [0.25, 0.3) is 5.91 Å². The molecule has 1 aromatic carbocycles. The maximum absolute atomic E-state index is 13.2. The van der Waals surface area contributed by atoms with Crippen LogP contribution < -0.4 is 24.8 Å². The van der Waals surface area contributed by atoms with E-state index in [2.05, 4.69) is 20.6 Å². The minimum absolute atomic E-state index is 0.0589. The Morgan fingerprint density at radius 1 is 1.03 bits per heavy atom. The molecule has 2 aromatic rings. The van der Waals surface area contributed by atoms with Gasteiger partial charge in [0, 0.05) is 0 Å². The van der Waals surface area contributed by atoms with E-state index in [0.29, 0.717) is 12.8 Å². The Morgan fingerprint density at radius 2 is 1.67 bits per heavy atom. The topological polar surface area (TPSA) is 132 Å². The third kappa shape index (κ3) is 7.04. The van der Waals surface area contributed by atoms with Gasteiger partial charge in [-0.25, -0.2) is 0 Å². The molecule has 0 saturated carbocycles. The van der Waals surface area contributed by atoms with Gasteiger partial charge in [-0.2, -0.15) is 9.97 Å². The molecular weight excluding hydrogens is 428 g/mol. The zero-order chi connectivity index (χ0) is 24.4. The number of benzene rings is 1. The van der Waals surface area contributed by atoms with Crippen molar-refractivity contribution in [1.82, 2.24) is 20.6 Å². The fourth-order valence-electron chi connectivity index (χ4n) is 2.97.